The second-order valence-corrected chi connectivity index (χ2v) is 8.30. The van der Waals surface area contributed by atoms with Gasteiger partial charge in [0.1, 0.15) is 5.75 Å². The summed E-state index contributed by atoms with van der Waals surface area (Å²) in [6, 6.07) is 6.85. The van der Waals surface area contributed by atoms with Crippen LogP contribution in [0.15, 0.2) is 28.7 Å². The number of aliphatic carboxylic acids is 1. The third-order valence-corrected chi connectivity index (χ3v) is 5.52. The standard InChI is InChI=1S/C14H16BrNO5S.ClH/c15-12-3-1-10(2-4-12)8-22(20,21)9-13(17)16-6-5-11(7-16)14(18)19;/h1-4,11H,5-9H2,(H,18,19);1H. The van der Waals surface area contributed by atoms with Crippen LogP contribution in [-0.4, -0.2) is 49.1 Å². The predicted octanol–water partition coefficient (Wildman–Crippen LogP) is 1.72. The molecule has 0 aromatic heterocycles. The molecule has 1 amide bonds. The fourth-order valence-corrected chi connectivity index (χ4v) is 3.98. The third-order valence-electron chi connectivity index (χ3n) is 3.53. The van der Waals surface area contributed by atoms with E-state index in [4.69, 9.17) is 5.11 Å². The molecule has 2 rings (SSSR count). The van der Waals surface area contributed by atoms with Crippen molar-refractivity contribution in [1.29, 1.82) is 0 Å². The molecule has 6 nitrogen and oxygen atoms in total. The van der Waals surface area contributed by atoms with Crippen LogP contribution in [0.2, 0.25) is 0 Å². The van der Waals surface area contributed by atoms with Gasteiger partial charge < -0.3 is 10.0 Å². The first-order valence-corrected chi connectivity index (χ1v) is 9.34. The Balaban J connectivity index is 0.00000264. The zero-order chi connectivity index (χ0) is 16.3. The average Bonchev–Trinajstić information content (AvgIpc) is 2.90. The maximum Gasteiger partial charge on any atom is 0.308 e. The van der Waals surface area contributed by atoms with E-state index < -0.39 is 33.4 Å². The first kappa shape index (κ1) is 19.9. The highest BCUT2D eigenvalue weighted by molar-refractivity contribution is 9.10. The van der Waals surface area contributed by atoms with Gasteiger partial charge in [0.2, 0.25) is 5.91 Å². The molecule has 1 aromatic rings. The smallest absolute Gasteiger partial charge is 0.308 e. The van der Waals surface area contributed by atoms with Gasteiger partial charge in [-0.2, -0.15) is 0 Å². The highest BCUT2D eigenvalue weighted by Crippen LogP contribution is 2.18. The molecular weight excluding hydrogens is 410 g/mol. The Labute approximate surface area is 149 Å². The summed E-state index contributed by atoms with van der Waals surface area (Å²) in [5.41, 5.74) is 0.612. The lowest BCUT2D eigenvalue weighted by Crippen LogP contribution is -2.35. The predicted molar refractivity (Wildman–Crippen MR) is 91.2 cm³/mol. The second kappa shape index (κ2) is 8.12. The topological polar surface area (TPSA) is 91.8 Å². The van der Waals surface area contributed by atoms with Gasteiger partial charge in [0.15, 0.2) is 9.84 Å². The van der Waals surface area contributed by atoms with Gasteiger partial charge in [-0.3, -0.25) is 9.59 Å². The quantitative estimate of drug-likeness (QED) is 0.774. The lowest BCUT2D eigenvalue weighted by molar-refractivity contribution is -0.141. The van der Waals surface area contributed by atoms with E-state index in [9.17, 15) is 18.0 Å². The highest BCUT2D eigenvalue weighted by atomic mass is 79.9. The van der Waals surface area contributed by atoms with Crippen LogP contribution in [0.5, 0.6) is 0 Å². The van der Waals surface area contributed by atoms with E-state index in [0.717, 1.165) is 4.47 Å². The average molecular weight is 427 g/mol. The van der Waals surface area contributed by atoms with Gasteiger partial charge in [-0.15, -0.1) is 12.4 Å². The van der Waals surface area contributed by atoms with E-state index >= 15 is 0 Å². The van der Waals surface area contributed by atoms with Gasteiger partial charge in [0, 0.05) is 17.6 Å². The van der Waals surface area contributed by atoms with Gasteiger partial charge in [-0.1, -0.05) is 28.1 Å². The SMILES string of the molecule is Cl.O=C(O)C1CCN(C(=O)CS(=O)(=O)Cc2ccc(Br)cc2)C1. The molecule has 0 bridgehead atoms. The molecule has 1 saturated heterocycles. The van der Waals surface area contributed by atoms with Crippen molar-refractivity contribution in [2.75, 3.05) is 18.8 Å². The zero-order valence-electron chi connectivity index (χ0n) is 12.1. The normalized spacial score (nSPS) is 17.6. The van der Waals surface area contributed by atoms with Gasteiger partial charge in [-0.05, 0) is 24.1 Å². The number of rotatable bonds is 5. The molecule has 23 heavy (non-hydrogen) atoms. The Bertz CT molecular complexity index is 677. The molecule has 0 saturated carbocycles. The first-order valence-electron chi connectivity index (χ1n) is 6.72. The molecule has 1 aromatic carbocycles. The van der Waals surface area contributed by atoms with E-state index in [2.05, 4.69) is 15.9 Å². The molecule has 9 heteroatoms. The van der Waals surface area contributed by atoms with Gasteiger partial charge in [0.05, 0.1) is 11.7 Å². The lowest BCUT2D eigenvalue weighted by atomic mass is 10.1. The Hall–Kier alpha value is -1.12. The largest absolute Gasteiger partial charge is 0.481 e. The maximum absolute atomic E-state index is 12.1. The number of carbonyl (C=O) groups excluding carboxylic acids is 1. The molecule has 1 atom stereocenters. The summed E-state index contributed by atoms with van der Waals surface area (Å²) in [5.74, 6) is -2.87. The molecule has 0 spiro atoms. The number of carbonyl (C=O) groups is 2. The number of likely N-dealkylation sites (tertiary alicyclic amines) is 1. The molecule has 1 aliphatic rings. The zero-order valence-corrected chi connectivity index (χ0v) is 15.4. The van der Waals surface area contributed by atoms with Crippen molar-refractivity contribution >= 4 is 50.1 Å². The van der Waals surface area contributed by atoms with Gasteiger partial charge in [0.25, 0.3) is 0 Å². The number of nitrogens with zero attached hydrogens (tertiary/aromatic N) is 1. The van der Waals surface area contributed by atoms with Crippen molar-refractivity contribution in [3.63, 3.8) is 0 Å². The summed E-state index contributed by atoms with van der Waals surface area (Å²) < 4.78 is 25.0. The van der Waals surface area contributed by atoms with Crippen LogP contribution in [0.25, 0.3) is 0 Å². The van der Waals surface area contributed by atoms with Crippen LogP contribution in [-0.2, 0) is 25.2 Å². The molecule has 1 heterocycles. The Morgan fingerprint density at radius 1 is 1.26 bits per heavy atom. The minimum Gasteiger partial charge on any atom is -0.481 e. The number of hydrogen-bond donors (Lipinski definition) is 1. The number of carboxylic acid groups (broad SMARTS) is 1. The second-order valence-electron chi connectivity index (χ2n) is 5.32. The fraction of sp³-hybridized carbons (Fsp3) is 0.429. The van der Waals surface area contributed by atoms with Crippen LogP contribution in [0.3, 0.4) is 0 Å². The van der Waals surface area contributed by atoms with Crippen LogP contribution in [0.4, 0.5) is 0 Å². The van der Waals surface area contributed by atoms with Gasteiger partial charge in [-0.25, -0.2) is 8.42 Å². The van der Waals surface area contributed by atoms with E-state index in [-0.39, 0.29) is 24.7 Å². The molecule has 1 fully saturated rings. The summed E-state index contributed by atoms with van der Waals surface area (Å²) >= 11 is 3.27. The van der Waals surface area contributed by atoms with E-state index in [1.54, 1.807) is 24.3 Å². The van der Waals surface area contributed by atoms with Crippen LogP contribution >= 0.6 is 28.3 Å². The molecule has 0 radical (unpaired) electrons. The Kier molecular flexibility index (Phi) is 7.03. The van der Waals surface area contributed by atoms with Crippen molar-refractivity contribution in [2.45, 2.75) is 12.2 Å². The summed E-state index contributed by atoms with van der Waals surface area (Å²) in [7, 11) is -3.58. The van der Waals surface area contributed by atoms with Crippen LogP contribution in [0.1, 0.15) is 12.0 Å². The number of sulfone groups is 1. The van der Waals surface area contributed by atoms with E-state index in [0.29, 0.717) is 18.5 Å². The lowest BCUT2D eigenvalue weighted by Gasteiger charge is -2.15. The number of amides is 1. The summed E-state index contributed by atoms with van der Waals surface area (Å²) in [6.45, 7) is 0.381. The third kappa shape index (κ3) is 5.78. The van der Waals surface area contributed by atoms with E-state index in [1.807, 2.05) is 0 Å². The molecule has 1 N–H and O–H groups in total. The summed E-state index contributed by atoms with van der Waals surface area (Å²) in [6.07, 6.45) is 0.369. The fourth-order valence-electron chi connectivity index (χ4n) is 2.35. The minimum absolute atomic E-state index is 0. The van der Waals surface area contributed by atoms with Crippen molar-refractivity contribution in [2.24, 2.45) is 5.92 Å². The first-order chi connectivity index (χ1) is 10.3. The van der Waals surface area contributed by atoms with Gasteiger partial charge >= 0.3 is 5.97 Å². The van der Waals surface area contributed by atoms with Crippen LogP contribution < -0.4 is 0 Å². The van der Waals surface area contributed by atoms with Crippen molar-refractivity contribution in [1.82, 2.24) is 4.90 Å². The Morgan fingerprint density at radius 3 is 2.39 bits per heavy atom. The Morgan fingerprint density at radius 2 is 1.87 bits per heavy atom. The molecule has 1 unspecified atom stereocenters. The molecular formula is C14H17BrClNO5S. The highest BCUT2D eigenvalue weighted by Gasteiger charge is 2.32. The summed E-state index contributed by atoms with van der Waals surface area (Å²) in [4.78, 5) is 24.2. The van der Waals surface area contributed by atoms with Crippen molar-refractivity contribution in [3.8, 4) is 0 Å². The number of hydrogen-bond acceptors (Lipinski definition) is 4. The number of carboxylic acids is 1. The van der Waals surface area contributed by atoms with E-state index in [1.165, 1.54) is 4.90 Å². The van der Waals surface area contributed by atoms with Crippen LogP contribution in [0, 0.1) is 5.92 Å². The number of halogens is 2. The monoisotopic (exact) mass is 425 g/mol. The van der Waals surface area contributed by atoms with Crippen molar-refractivity contribution < 1.29 is 23.1 Å². The molecule has 0 aliphatic carbocycles. The minimum atomic E-state index is -3.58. The maximum atomic E-state index is 12.1. The molecule has 128 valence electrons. The summed E-state index contributed by atoms with van der Waals surface area (Å²) in [5, 5.41) is 8.90. The number of benzene rings is 1. The van der Waals surface area contributed by atoms with Crippen molar-refractivity contribution in [3.05, 3.63) is 34.3 Å². The molecule has 1 aliphatic heterocycles.